The van der Waals surface area contributed by atoms with Crippen LogP contribution < -0.4 is 11.1 Å². The van der Waals surface area contributed by atoms with Crippen LogP contribution in [0.4, 0.5) is 5.69 Å². The summed E-state index contributed by atoms with van der Waals surface area (Å²) >= 11 is 0. The van der Waals surface area contributed by atoms with Crippen LogP contribution in [0.25, 0.3) is 0 Å². The predicted octanol–water partition coefficient (Wildman–Crippen LogP) is 1.44. The topological polar surface area (TPSA) is 85.8 Å². The number of nitrogens with one attached hydrogen (secondary N) is 1. The molecular formula is C15H19N5O. The number of nitrogens with two attached hydrogens (primary N) is 1. The van der Waals surface area contributed by atoms with E-state index >= 15 is 0 Å². The van der Waals surface area contributed by atoms with Crippen LogP contribution in [0, 0.1) is 0 Å². The minimum absolute atomic E-state index is 0.0418. The fourth-order valence-electron chi connectivity index (χ4n) is 2.81. The Balaban J connectivity index is 1.62. The van der Waals surface area contributed by atoms with Crippen LogP contribution in [-0.4, -0.2) is 20.7 Å². The van der Waals surface area contributed by atoms with Gasteiger partial charge in [-0.2, -0.15) is 5.10 Å². The van der Waals surface area contributed by atoms with E-state index < -0.39 is 0 Å². The van der Waals surface area contributed by atoms with Gasteiger partial charge in [0.15, 0.2) is 0 Å². The molecule has 0 fully saturated rings. The number of hydrogen-bond donors (Lipinski definition) is 2. The lowest BCUT2D eigenvalue weighted by atomic mass is 9.87. The SMILES string of the molecule is Nc1ccc2c(c1)CCCC2NC(=O)CCn1cncn1. The Hall–Kier alpha value is -2.37. The van der Waals surface area contributed by atoms with Crippen LogP contribution >= 0.6 is 0 Å². The molecule has 0 aliphatic heterocycles. The van der Waals surface area contributed by atoms with E-state index in [0.29, 0.717) is 13.0 Å². The first-order valence-electron chi connectivity index (χ1n) is 7.22. The Morgan fingerprint density at radius 3 is 3.19 bits per heavy atom. The molecule has 3 rings (SSSR count). The number of carbonyl (C=O) groups excluding carboxylic acids is 1. The molecular weight excluding hydrogens is 266 g/mol. The van der Waals surface area contributed by atoms with Gasteiger partial charge in [0.25, 0.3) is 0 Å². The minimum atomic E-state index is 0.0418. The monoisotopic (exact) mass is 285 g/mol. The molecule has 1 aliphatic rings. The van der Waals surface area contributed by atoms with E-state index in [1.165, 1.54) is 17.5 Å². The van der Waals surface area contributed by atoms with Crippen molar-refractivity contribution in [2.24, 2.45) is 0 Å². The van der Waals surface area contributed by atoms with Crippen molar-refractivity contribution < 1.29 is 4.79 Å². The van der Waals surface area contributed by atoms with Gasteiger partial charge in [0.1, 0.15) is 12.7 Å². The van der Waals surface area contributed by atoms with Crippen molar-refractivity contribution in [3.05, 3.63) is 42.0 Å². The average Bonchev–Trinajstić information content (AvgIpc) is 2.98. The normalized spacial score (nSPS) is 17.2. The van der Waals surface area contributed by atoms with E-state index in [-0.39, 0.29) is 11.9 Å². The molecule has 0 radical (unpaired) electrons. The number of nitrogen functional groups attached to an aromatic ring is 1. The van der Waals surface area contributed by atoms with Gasteiger partial charge >= 0.3 is 0 Å². The Labute approximate surface area is 123 Å². The number of fused-ring (bicyclic) bond motifs is 1. The van der Waals surface area contributed by atoms with Gasteiger partial charge in [0.05, 0.1) is 12.6 Å². The molecule has 0 saturated heterocycles. The van der Waals surface area contributed by atoms with Crippen molar-refractivity contribution in [3.63, 3.8) is 0 Å². The molecule has 1 amide bonds. The first-order chi connectivity index (χ1) is 10.2. The molecule has 0 bridgehead atoms. The van der Waals surface area contributed by atoms with Gasteiger partial charge in [-0.1, -0.05) is 6.07 Å². The Kier molecular flexibility index (Phi) is 3.85. The van der Waals surface area contributed by atoms with E-state index in [0.717, 1.165) is 24.9 Å². The Bertz CT molecular complexity index is 623. The highest BCUT2D eigenvalue weighted by Crippen LogP contribution is 2.30. The van der Waals surface area contributed by atoms with E-state index in [4.69, 9.17) is 5.73 Å². The Morgan fingerprint density at radius 2 is 2.38 bits per heavy atom. The van der Waals surface area contributed by atoms with Gasteiger partial charge in [-0.15, -0.1) is 0 Å². The van der Waals surface area contributed by atoms with Crippen LogP contribution in [-0.2, 0) is 17.8 Å². The third-order valence-electron chi connectivity index (χ3n) is 3.85. The number of carbonyl (C=O) groups is 1. The zero-order valence-corrected chi connectivity index (χ0v) is 11.8. The van der Waals surface area contributed by atoms with Gasteiger partial charge in [-0.3, -0.25) is 9.48 Å². The molecule has 1 aromatic carbocycles. The number of hydrogen-bond acceptors (Lipinski definition) is 4. The van der Waals surface area contributed by atoms with Crippen molar-refractivity contribution in [2.75, 3.05) is 5.73 Å². The maximum Gasteiger partial charge on any atom is 0.222 e. The summed E-state index contributed by atoms with van der Waals surface area (Å²) in [6, 6.07) is 6.05. The van der Waals surface area contributed by atoms with E-state index in [1.807, 2.05) is 18.2 Å². The largest absolute Gasteiger partial charge is 0.399 e. The molecule has 110 valence electrons. The molecule has 3 N–H and O–H groups in total. The third kappa shape index (κ3) is 3.21. The predicted molar refractivity (Wildman–Crippen MR) is 79.3 cm³/mol. The molecule has 2 aromatic rings. The van der Waals surface area contributed by atoms with E-state index in [1.54, 1.807) is 11.0 Å². The number of aryl methyl sites for hydroxylation is 2. The average molecular weight is 285 g/mol. The highest BCUT2D eigenvalue weighted by Gasteiger charge is 2.21. The van der Waals surface area contributed by atoms with Gasteiger partial charge in [-0.25, -0.2) is 4.98 Å². The van der Waals surface area contributed by atoms with Gasteiger partial charge in [-0.05, 0) is 42.5 Å². The summed E-state index contributed by atoms with van der Waals surface area (Å²) in [5, 5.41) is 7.11. The molecule has 1 unspecified atom stereocenters. The van der Waals surface area contributed by atoms with Crippen molar-refractivity contribution in [2.45, 2.75) is 38.3 Å². The summed E-state index contributed by atoms with van der Waals surface area (Å²) < 4.78 is 1.66. The van der Waals surface area contributed by atoms with Gasteiger partial charge < -0.3 is 11.1 Å². The second-order valence-corrected chi connectivity index (χ2v) is 5.38. The number of amides is 1. The lowest BCUT2D eigenvalue weighted by molar-refractivity contribution is -0.122. The van der Waals surface area contributed by atoms with Crippen molar-refractivity contribution in [1.82, 2.24) is 20.1 Å². The van der Waals surface area contributed by atoms with Gasteiger partial charge in [0, 0.05) is 12.1 Å². The molecule has 1 heterocycles. The molecule has 0 spiro atoms. The number of benzene rings is 1. The van der Waals surface area contributed by atoms with E-state index in [2.05, 4.69) is 15.4 Å². The number of anilines is 1. The summed E-state index contributed by atoms with van der Waals surface area (Å²) in [4.78, 5) is 15.9. The summed E-state index contributed by atoms with van der Waals surface area (Å²) in [5.41, 5.74) is 9.06. The lowest BCUT2D eigenvalue weighted by Crippen LogP contribution is -2.31. The van der Waals surface area contributed by atoms with Crippen LogP contribution in [0.1, 0.15) is 36.4 Å². The van der Waals surface area contributed by atoms with Crippen molar-refractivity contribution >= 4 is 11.6 Å². The first-order valence-corrected chi connectivity index (χ1v) is 7.22. The zero-order chi connectivity index (χ0) is 14.7. The molecule has 6 heteroatoms. The number of aromatic nitrogens is 3. The minimum Gasteiger partial charge on any atom is -0.399 e. The van der Waals surface area contributed by atoms with Gasteiger partial charge in [0.2, 0.25) is 5.91 Å². The molecule has 21 heavy (non-hydrogen) atoms. The first kappa shape index (κ1) is 13.6. The summed E-state index contributed by atoms with van der Waals surface area (Å²) in [7, 11) is 0. The second kappa shape index (κ2) is 5.95. The molecule has 6 nitrogen and oxygen atoms in total. The lowest BCUT2D eigenvalue weighted by Gasteiger charge is -2.26. The third-order valence-corrected chi connectivity index (χ3v) is 3.85. The van der Waals surface area contributed by atoms with Crippen LogP contribution in [0.15, 0.2) is 30.9 Å². The molecule has 1 aromatic heterocycles. The van der Waals surface area contributed by atoms with Crippen molar-refractivity contribution in [3.8, 4) is 0 Å². The standard InChI is InChI=1S/C15H19N5O/c16-12-4-5-13-11(8-12)2-1-3-14(13)19-15(21)6-7-20-10-17-9-18-20/h4-5,8-10,14H,1-3,6-7,16H2,(H,19,21). The van der Waals surface area contributed by atoms with Crippen molar-refractivity contribution in [1.29, 1.82) is 0 Å². The highest BCUT2D eigenvalue weighted by atomic mass is 16.1. The maximum atomic E-state index is 12.1. The summed E-state index contributed by atoms with van der Waals surface area (Å²) in [5.74, 6) is 0.0418. The van der Waals surface area contributed by atoms with E-state index in [9.17, 15) is 4.79 Å². The highest BCUT2D eigenvalue weighted by molar-refractivity contribution is 5.76. The smallest absolute Gasteiger partial charge is 0.222 e. The van der Waals surface area contributed by atoms with Crippen LogP contribution in [0.3, 0.4) is 0 Å². The Morgan fingerprint density at radius 1 is 1.48 bits per heavy atom. The molecule has 1 aliphatic carbocycles. The quantitative estimate of drug-likeness (QED) is 0.832. The number of nitrogens with zero attached hydrogens (tertiary/aromatic N) is 3. The summed E-state index contributed by atoms with van der Waals surface area (Å²) in [6.07, 6.45) is 6.58. The fraction of sp³-hybridized carbons (Fsp3) is 0.400. The summed E-state index contributed by atoms with van der Waals surface area (Å²) in [6.45, 7) is 0.549. The number of rotatable bonds is 4. The molecule has 0 saturated carbocycles. The maximum absolute atomic E-state index is 12.1. The zero-order valence-electron chi connectivity index (χ0n) is 11.8. The fourth-order valence-corrected chi connectivity index (χ4v) is 2.81. The second-order valence-electron chi connectivity index (χ2n) is 5.38. The van der Waals surface area contributed by atoms with Crippen LogP contribution in [0.5, 0.6) is 0 Å². The molecule has 1 atom stereocenters. The van der Waals surface area contributed by atoms with Crippen LogP contribution in [0.2, 0.25) is 0 Å².